The van der Waals surface area contributed by atoms with Crippen molar-refractivity contribution in [2.24, 2.45) is 0 Å². The van der Waals surface area contributed by atoms with Crippen molar-refractivity contribution >= 4 is 23.3 Å². The van der Waals surface area contributed by atoms with Crippen LogP contribution >= 0.6 is 0 Å². The Balaban J connectivity index is 1.87. The van der Waals surface area contributed by atoms with Gasteiger partial charge in [0.2, 0.25) is 0 Å². The highest BCUT2D eigenvalue weighted by molar-refractivity contribution is 6.07. The molecule has 0 saturated carbocycles. The highest BCUT2D eigenvalue weighted by Crippen LogP contribution is 2.31. The molecular formula is C20H25N3O3. The number of aryl methyl sites for hydroxylation is 1. The molecule has 2 N–H and O–H groups in total. The zero-order valence-corrected chi connectivity index (χ0v) is 15.7. The van der Waals surface area contributed by atoms with E-state index < -0.39 is 5.97 Å². The maximum atomic E-state index is 12.8. The van der Waals surface area contributed by atoms with Crippen molar-refractivity contribution in [3.8, 4) is 0 Å². The summed E-state index contributed by atoms with van der Waals surface area (Å²) in [7, 11) is 1.35. The molecule has 0 saturated heterocycles. The second-order valence-electron chi connectivity index (χ2n) is 6.45. The molecule has 1 aliphatic rings. The highest BCUT2D eigenvalue weighted by atomic mass is 16.5. The van der Waals surface area contributed by atoms with Crippen LogP contribution < -0.4 is 10.2 Å². The second kappa shape index (κ2) is 7.23. The molecule has 138 valence electrons. The van der Waals surface area contributed by atoms with Crippen LogP contribution in [0.1, 0.15) is 51.5 Å². The second-order valence-corrected chi connectivity index (χ2v) is 6.45. The molecule has 26 heavy (non-hydrogen) atoms. The third-order valence-electron chi connectivity index (χ3n) is 5.01. The Morgan fingerprint density at radius 3 is 2.73 bits per heavy atom. The SMILES string of the molecule is CCc1[nH]c(C(=O)Nc2ccc3c(c2)N(CC)CC3)c(C)c1C(=O)OC. The standard InChI is InChI=1S/C20H25N3O3/c1-5-15-17(20(25)26-4)12(3)18(22-15)19(24)21-14-8-7-13-9-10-23(6-2)16(13)11-14/h7-8,11,22H,5-6,9-10H2,1-4H3,(H,21,24). The Kier molecular flexibility index (Phi) is 5.02. The van der Waals surface area contributed by atoms with Gasteiger partial charge in [-0.2, -0.15) is 0 Å². The zero-order valence-electron chi connectivity index (χ0n) is 15.7. The zero-order chi connectivity index (χ0) is 18.8. The molecule has 1 amide bonds. The van der Waals surface area contributed by atoms with Crippen LogP contribution in [-0.2, 0) is 17.6 Å². The highest BCUT2D eigenvalue weighted by Gasteiger charge is 2.24. The summed E-state index contributed by atoms with van der Waals surface area (Å²) in [6.45, 7) is 7.78. The van der Waals surface area contributed by atoms with Crippen molar-refractivity contribution < 1.29 is 14.3 Å². The lowest BCUT2D eigenvalue weighted by molar-refractivity contribution is 0.0599. The van der Waals surface area contributed by atoms with Gasteiger partial charge in [-0.3, -0.25) is 4.79 Å². The van der Waals surface area contributed by atoms with Crippen LogP contribution in [0.2, 0.25) is 0 Å². The predicted octanol–water partition coefficient (Wildman–Crippen LogP) is 3.31. The van der Waals surface area contributed by atoms with Crippen LogP contribution in [0.3, 0.4) is 0 Å². The van der Waals surface area contributed by atoms with E-state index in [1.165, 1.54) is 18.4 Å². The number of nitrogens with zero attached hydrogens (tertiary/aromatic N) is 1. The van der Waals surface area contributed by atoms with Gasteiger partial charge in [0.25, 0.3) is 5.91 Å². The van der Waals surface area contributed by atoms with Crippen LogP contribution in [0.25, 0.3) is 0 Å². The molecule has 0 unspecified atom stereocenters. The smallest absolute Gasteiger partial charge is 0.339 e. The van der Waals surface area contributed by atoms with Crippen molar-refractivity contribution in [3.05, 3.63) is 46.3 Å². The van der Waals surface area contributed by atoms with Gasteiger partial charge in [-0.05, 0) is 49.9 Å². The minimum absolute atomic E-state index is 0.256. The Hall–Kier alpha value is -2.76. The molecule has 0 atom stereocenters. The number of nitrogens with one attached hydrogen (secondary N) is 2. The van der Waals surface area contributed by atoms with Gasteiger partial charge in [0, 0.05) is 30.2 Å². The number of hydrogen-bond donors (Lipinski definition) is 2. The molecule has 0 spiro atoms. The van der Waals surface area contributed by atoms with Gasteiger partial charge >= 0.3 is 5.97 Å². The van der Waals surface area contributed by atoms with Crippen LogP contribution in [0.15, 0.2) is 18.2 Å². The summed E-state index contributed by atoms with van der Waals surface area (Å²) < 4.78 is 4.85. The van der Waals surface area contributed by atoms with E-state index in [1.807, 2.05) is 19.1 Å². The molecular weight excluding hydrogens is 330 g/mol. The first kappa shape index (κ1) is 18.0. The lowest BCUT2D eigenvalue weighted by atomic mass is 10.1. The van der Waals surface area contributed by atoms with E-state index in [2.05, 4.69) is 28.2 Å². The van der Waals surface area contributed by atoms with Crippen molar-refractivity contribution in [1.29, 1.82) is 0 Å². The fourth-order valence-corrected chi connectivity index (χ4v) is 3.57. The number of methoxy groups -OCH3 is 1. The Labute approximate surface area is 153 Å². The number of fused-ring (bicyclic) bond motifs is 1. The summed E-state index contributed by atoms with van der Waals surface area (Å²) in [5, 5.41) is 2.95. The van der Waals surface area contributed by atoms with E-state index in [9.17, 15) is 9.59 Å². The maximum Gasteiger partial charge on any atom is 0.339 e. The summed E-state index contributed by atoms with van der Waals surface area (Å²) in [6, 6.07) is 6.01. The van der Waals surface area contributed by atoms with Gasteiger partial charge < -0.3 is 19.9 Å². The third kappa shape index (κ3) is 3.07. The van der Waals surface area contributed by atoms with Crippen molar-refractivity contribution in [1.82, 2.24) is 4.98 Å². The summed E-state index contributed by atoms with van der Waals surface area (Å²) in [6.07, 6.45) is 1.65. The quantitative estimate of drug-likeness (QED) is 0.807. The summed E-state index contributed by atoms with van der Waals surface area (Å²) in [5.41, 5.74) is 5.41. The fraction of sp³-hybridized carbons (Fsp3) is 0.400. The van der Waals surface area contributed by atoms with E-state index in [0.29, 0.717) is 28.9 Å². The van der Waals surface area contributed by atoms with Crippen LogP contribution in [0, 0.1) is 6.92 Å². The molecule has 0 fully saturated rings. The number of aromatic amines is 1. The lowest BCUT2D eigenvalue weighted by Gasteiger charge is -2.17. The van der Waals surface area contributed by atoms with E-state index in [4.69, 9.17) is 4.74 Å². The number of ether oxygens (including phenoxy) is 1. The van der Waals surface area contributed by atoms with Crippen molar-refractivity contribution in [2.75, 3.05) is 30.4 Å². The number of carbonyl (C=O) groups excluding carboxylic acids is 2. The Morgan fingerprint density at radius 2 is 2.08 bits per heavy atom. The van der Waals surface area contributed by atoms with Gasteiger partial charge in [0.05, 0.1) is 12.7 Å². The van der Waals surface area contributed by atoms with Gasteiger partial charge in [-0.15, -0.1) is 0 Å². The first-order valence-corrected chi connectivity index (χ1v) is 8.99. The molecule has 2 aromatic rings. The molecule has 6 heteroatoms. The Bertz CT molecular complexity index is 854. The molecule has 0 aliphatic carbocycles. The van der Waals surface area contributed by atoms with Crippen molar-refractivity contribution in [3.63, 3.8) is 0 Å². The first-order chi connectivity index (χ1) is 12.5. The number of H-pyrrole nitrogens is 1. The van der Waals surface area contributed by atoms with E-state index >= 15 is 0 Å². The van der Waals surface area contributed by atoms with Crippen LogP contribution in [0.4, 0.5) is 11.4 Å². The van der Waals surface area contributed by atoms with E-state index in [-0.39, 0.29) is 5.91 Å². The number of rotatable bonds is 5. The molecule has 1 aromatic carbocycles. The Morgan fingerprint density at radius 1 is 1.31 bits per heavy atom. The van der Waals surface area contributed by atoms with Gasteiger partial charge in [0.1, 0.15) is 5.69 Å². The third-order valence-corrected chi connectivity index (χ3v) is 5.01. The topological polar surface area (TPSA) is 74.4 Å². The average Bonchev–Trinajstić information content (AvgIpc) is 3.21. The fourth-order valence-electron chi connectivity index (χ4n) is 3.57. The summed E-state index contributed by atoms with van der Waals surface area (Å²) in [4.78, 5) is 30.2. The molecule has 2 heterocycles. The number of esters is 1. The minimum atomic E-state index is -0.425. The van der Waals surface area contributed by atoms with E-state index in [1.54, 1.807) is 6.92 Å². The van der Waals surface area contributed by atoms with Crippen LogP contribution in [-0.4, -0.2) is 37.1 Å². The molecule has 1 aromatic heterocycles. The number of aromatic nitrogens is 1. The van der Waals surface area contributed by atoms with Gasteiger partial charge in [-0.25, -0.2) is 4.79 Å². The van der Waals surface area contributed by atoms with Gasteiger partial charge in [0.15, 0.2) is 0 Å². The molecule has 6 nitrogen and oxygen atoms in total. The maximum absolute atomic E-state index is 12.8. The number of hydrogen-bond acceptors (Lipinski definition) is 4. The summed E-state index contributed by atoms with van der Waals surface area (Å²) >= 11 is 0. The van der Waals surface area contributed by atoms with Crippen molar-refractivity contribution in [2.45, 2.75) is 33.6 Å². The summed E-state index contributed by atoms with van der Waals surface area (Å²) in [5.74, 6) is -0.681. The molecule has 0 radical (unpaired) electrons. The molecule has 1 aliphatic heterocycles. The normalized spacial score (nSPS) is 12.8. The monoisotopic (exact) mass is 355 g/mol. The largest absolute Gasteiger partial charge is 0.465 e. The molecule has 0 bridgehead atoms. The number of amides is 1. The number of anilines is 2. The lowest BCUT2D eigenvalue weighted by Crippen LogP contribution is -2.19. The predicted molar refractivity (Wildman–Crippen MR) is 102 cm³/mol. The molecule has 3 rings (SSSR count). The minimum Gasteiger partial charge on any atom is -0.465 e. The number of benzene rings is 1. The van der Waals surface area contributed by atoms with Crippen LogP contribution in [0.5, 0.6) is 0 Å². The number of likely N-dealkylation sites (N-methyl/N-ethyl adjacent to an activating group) is 1. The number of carbonyl (C=O) groups is 2. The van der Waals surface area contributed by atoms with E-state index in [0.717, 1.165) is 25.2 Å². The first-order valence-electron chi connectivity index (χ1n) is 8.99. The average molecular weight is 355 g/mol. The van der Waals surface area contributed by atoms with Gasteiger partial charge in [-0.1, -0.05) is 13.0 Å².